The number of carbonyl (C=O) groups excluding carboxylic acids is 2. The second kappa shape index (κ2) is 8.71. The lowest BCUT2D eigenvalue weighted by Gasteiger charge is -2.25. The number of benzene rings is 3. The Hall–Kier alpha value is -3.86. The van der Waals surface area contributed by atoms with Gasteiger partial charge in [-0.25, -0.2) is 0 Å². The Kier molecular flexibility index (Phi) is 5.82. The molecule has 4 rings (SSSR count). The van der Waals surface area contributed by atoms with E-state index >= 15 is 0 Å². The Morgan fingerprint density at radius 3 is 2.41 bits per heavy atom. The van der Waals surface area contributed by atoms with Gasteiger partial charge in [0.25, 0.3) is 11.7 Å². The number of phenols is 1. The standard InChI is InChI=1S/C27H25NO4/c1-17-11-12-18(2)22(15-17)25(30)23-24(20-9-6-10-21(29)16-20)28(27(32)26(23)31)14-13-19-7-4-3-5-8-19/h3-12,15-16,24,29-30H,13-14H2,1-2H3. The number of amides is 1. The normalized spacial score (nSPS) is 17.7. The van der Waals surface area contributed by atoms with E-state index in [0.29, 0.717) is 24.1 Å². The molecule has 0 spiro atoms. The fourth-order valence-electron chi connectivity index (χ4n) is 4.18. The smallest absolute Gasteiger partial charge is 0.295 e. The van der Waals surface area contributed by atoms with Crippen molar-refractivity contribution >= 4 is 17.4 Å². The third-order valence-electron chi connectivity index (χ3n) is 5.86. The van der Waals surface area contributed by atoms with Crippen LogP contribution < -0.4 is 0 Å². The molecule has 1 saturated heterocycles. The average molecular weight is 428 g/mol. The highest BCUT2D eigenvalue weighted by Gasteiger charge is 2.46. The number of aliphatic hydroxyl groups is 1. The lowest BCUT2D eigenvalue weighted by atomic mass is 9.93. The first-order valence-electron chi connectivity index (χ1n) is 10.6. The first-order valence-corrected chi connectivity index (χ1v) is 10.6. The number of aliphatic hydroxyl groups excluding tert-OH is 1. The number of Topliss-reactive ketones (excluding diaryl/α,β-unsaturated/α-hetero) is 1. The van der Waals surface area contributed by atoms with Crippen molar-refractivity contribution in [3.63, 3.8) is 0 Å². The lowest BCUT2D eigenvalue weighted by Crippen LogP contribution is -2.31. The van der Waals surface area contributed by atoms with Crippen molar-refractivity contribution in [1.29, 1.82) is 0 Å². The number of hydrogen-bond acceptors (Lipinski definition) is 4. The van der Waals surface area contributed by atoms with Gasteiger partial charge in [-0.1, -0.05) is 60.2 Å². The third kappa shape index (κ3) is 4.02. The van der Waals surface area contributed by atoms with Gasteiger partial charge in [0, 0.05) is 12.1 Å². The maximum Gasteiger partial charge on any atom is 0.295 e. The molecule has 5 nitrogen and oxygen atoms in total. The summed E-state index contributed by atoms with van der Waals surface area (Å²) >= 11 is 0. The summed E-state index contributed by atoms with van der Waals surface area (Å²) in [5, 5.41) is 21.3. The maximum atomic E-state index is 13.1. The lowest BCUT2D eigenvalue weighted by molar-refractivity contribution is -0.139. The summed E-state index contributed by atoms with van der Waals surface area (Å²) in [5.41, 5.74) is 3.92. The van der Waals surface area contributed by atoms with Crippen LogP contribution in [0.2, 0.25) is 0 Å². The number of phenolic OH excluding ortho intramolecular Hbond substituents is 1. The molecule has 1 aliphatic rings. The van der Waals surface area contributed by atoms with E-state index < -0.39 is 17.7 Å². The summed E-state index contributed by atoms with van der Waals surface area (Å²) in [4.78, 5) is 27.7. The van der Waals surface area contributed by atoms with Crippen LogP contribution in [0.5, 0.6) is 5.75 Å². The van der Waals surface area contributed by atoms with Crippen molar-refractivity contribution in [2.24, 2.45) is 0 Å². The summed E-state index contributed by atoms with van der Waals surface area (Å²) in [6.45, 7) is 4.06. The molecule has 1 fully saturated rings. The Balaban J connectivity index is 1.83. The molecule has 1 aliphatic heterocycles. The van der Waals surface area contributed by atoms with E-state index in [4.69, 9.17) is 0 Å². The molecular weight excluding hydrogens is 402 g/mol. The number of aromatic hydroxyl groups is 1. The minimum atomic E-state index is -0.786. The monoisotopic (exact) mass is 427 g/mol. The zero-order valence-electron chi connectivity index (χ0n) is 18.1. The molecule has 1 atom stereocenters. The summed E-state index contributed by atoms with van der Waals surface area (Å²) < 4.78 is 0. The van der Waals surface area contributed by atoms with Crippen LogP contribution in [-0.4, -0.2) is 33.3 Å². The average Bonchev–Trinajstić information content (AvgIpc) is 3.04. The summed E-state index contributed by atoms with van der Waals surface area (Å²) in [5.74, 6) is -1.53. The van der Waals surface area contributed by atoms with Crippen LogP contribution in [0.25, 0.3) is 5.76 Å². The highest BCUT2D eigenvalue weighted by Crippen LogP contribution is 2.40. The molecule has 0 bridgehead atoms. The first-order chi connectivity index (χ1) is 15.4. The summed E-state index contributed by atoms with van der Waals surface area (Å²) in [6.07, 6.45) is 0.562. The largest absolute Gasteiger partial charge is 0.508 e. The number of hydrogen-bond donors (Lipinski definition) is 2. The van der Waals surface area contributed by atoms with Crippen molar-refractivity contribution < 1.29 is 19.8 Å². The molecule has 32 heavy (non-hydrogen) atoms. The molecule has 3 aromatic rings. The van der Waals surface area contributed by atoms with Gasteiger partial charge in [-0.05, 0) is 55.2 Å². The molecule has 0 aliphatic carbocycles. The van der Waals surface area contributed by atoms with Crippen LogP contribution in [0, 0.1) is 13.8 Å². The molecular formula is C27H25NO4. The van der Waals surface area contributed by atoms with Crippen molar-refractivity contribution in [1.82, 2.24) is 4.90 Å². The minimum absolute atomic E-state index is 0.0304. The number of ketones is 1. The highest BCUT2D eigenvalue weighted by molar-refractivity contribution is 6.46. The van der Waals surface area contributed by atoms with Gasteiger partial charge in [0.05, 0.1) is 11.6 Å². The fourth-order valence-corrected chi connectivity index (χ4v) is 4.18. The van der Waals surface area contributed by atoms with E-state index in [9.17, 15) is 19.8 Å². The molecule has 0 aromatic heterocycles. The van der Waals surface area contributed by atoms with Gasteiger partial charge < -0.3 is 15.1 Å². The Bertz CT molecular complexity index is 1210. The fraction of sp³-hybridized carbons (Fsp3) is 0.185. The summed E-state index contributed by atoms with van der Waals surface area (Å²) in [7, 11) is 0. The number of nitrogens with zero attached hydrogens (tertiary/aromatic N) is 1. The van der Waals surface area contributed by atoms with Crippen molar-refractivity contribution in [2.75, 3.05) is 6.54 Å². The predicted molar refractivity (Wildman–Crippen MR) is 123 cm³/mol. The molecule has 2 N–H and O–H groups in total. The molecule has 5 heteroatoms. The molecule has 1 unspecified atom stereocenters. The van der Waals surface area contributed by atoms with Crippen LogP contribution in [-0.2, 0) is 16.0 Å². The second-order valence-electron chi connectivity index (χ2n) is 8.14. The van der Waals surface area contributed by atoms with Gasteiger partial charge >= 0.3 is 0 Å². The van der Waals surface area contributed by atoms with E-state index in [0.717, 1.165) is 16.7 Å². The number of likely N-dealkylation sites (tertiary alicyclic amines) is 1. The molecule has 3 aromatic carbocycles. The molecule has 1 amide bonds. The van der Waals surface area contributed by atoms with Gasteiger partial charge in [-0.2, -0.15) is 0 Å². The zero-order chi connectivity index (χ0) is 22.8. The predicted octanol–water partition coefficient (Wildman–Crippen LogP) is 4.67. The van der Waals surface area contributed by atoms with Crippen LogP contribution >= 0.6 is 0 Å². The van der Waals surface area contributed by atoms with Crippen molar-refractivity contribution in [3.05, 3.63) is 106 Å². The van der Waals surface area contributed by atoms with Gasteiger partial charge in [-0.15, -0.1) is 0 Å². The minimum Gasteiger partial charge on any atom is -0.508 e. The quantitative estimate of drug-likeness (QED) is 0.352. The SMILES string of the molecule is Cc1ccc(C)c(C(O)=C2C(=O)C(=O)N(CCc3ccccc3)C2c2cccc(O)c2)c1. The van der Waals surface area contributed by atoms with E-state index in [1.807, 2.05) is 62.4 Å². The molecule has 162 valence electrons. The Morgan fingerprint density at radius 2 is 1.69 bits per heavy atom. The van der Waals surface area contributed by atoms with Crippen LogP contribution in [0.4, 0.5) is 0 Å². The van der Waals surface area contributed by atoms with Crippen LogP contribution in [0.1, 0.15) is 33.9 Å². The van der Waals surface area contributed by atoms with Crippen molar-refractivity contribution in [3.8, 4) is 5.75 Å². The van der Waals surface area contributed by atoms with Gasteiger partial charge in [0.2, 0.25) is 0 Å². The van der Waals surface area contributed by atoms with Crippen molar-refractivity contribution in [2.45, 2.75) is 26.3 Å². The molecule has 0 saturated carbocycles. The van der Waals surface area contributed by atoms with E-state index in [1.165, 1.54) is 17.0 Å². The topological polar surface area (TPSA) is 77.8 Å². The Labute approximate surface area is 187 Å². The third-order valence-corrected chi connectivity index (χ3v) is 5.86. The van der Waals surface area contributed by atoms with Gasteiger partial charge in [-0.3, -0.25) is 9.59 Å². The zero-order valence-corrected chi connectivity index (χ0v) is 18.1. The maximum absolute atomic E-state index is 13.1. The van der Waals surface area contributed by atoms with E-state index in [1.54, 1.807) is 12.1 Å². The molecule has 0 radical (unpaired) electrons. The van der Waals surface area contributed by atoms with Crippen LogP contribution in [0.3, 0.4) is 0 Å². The second-order valence-corrected chi connectivity index (χ2v) is 8.14. The first kappa shape index (κ1) is 21.4. The van der Waals surface area contributed by atoms with E-state index in [2.05, 4.69) is 0 Å². The Morgan fingerprint density at radius 1 is 0.938 bits per heavy atom. The van der Waals surface area contributed by atoms with E-state index in [-0.39, 0.29) is 17.1 Å². The van der Waals surface area contributed by atoms with Gasteiger partial charge in [0.1, 0.15) is 11.5 Å². The number of rotatable bonds is 5. The number of carbonyl (C=O) groups is 2. The number of aryl methyl sites for hydroxylation is 2. The van der Waals surface area contributed by atoms with Crippen LogP contribution in [0.15, 0.2) is 78.4 Å². The summed E-state index contributed by atoms with van der Waals surface area (Å²) in [6, 6.07) is 21.0. The molecule has 1 heterocycles. The highest BCUT2D eigenvalue weighted by atomic mass is 16.3. The van der Waals surface area contributed by atoms with Gasteiger partial charge in [0.15, 0.2) is 0 Å².